The fourth-order valence-electron chi connectivity index (χ4n) is 3.49. The SMILES string of the molecule is Cc1nc(CCN2C[C@@H]3C[C@H]2CN3)cc(-c2cccs2)n1. The Morgan fingerprint density at radius 2 is 2.38 bits per heavy atom. The summed E-state index contributed by atoms with van der Waals surface area (Å²) in [4.78, 5) is 13.0. The number of aryl methyl sites for hydroxylation is 1. The summed E-state index contributed by atoms with van der Waals surface area (Å²) in [6.45, 7) is 5.46. The summed E-state index contributed by atoms with van der Waals surface area (Å²) in [5.74, 6) is 0.875. The Morgan fingerprint density at radius 1 is 1.43 bits per heavy atom. The minimum Gasteiger partial charge on any atom is -0.311 e. The van der Waals surface area contributed by atoms with Crippen molar-refractivity contribution in [2.45, 2.75) is 31.8 Å². The normalized spacial score (nSPS) is 24.8. The molecule has 21 heavy (non-hydrogen) atoms. The van der Waals surface area contributed by atoms with Gasteiger partial charge in [-0.2, -0.15) is 0 Å². The van der Waals surface area contributed by atoms with Gasteiger partial charge in [0.1, 0.15) is 5.82 Å². The van der Waals surface area contributed by atoms with Gasteiger partial charge in [-0.05, 0) is 30.9 Å². The highest BCUT2D eigenvalue weighted by Crippen LogP contribution is 2.25. The molecule has 0 amide bonds. The molecule has 4 rings (SSSR count). The summed E-state index contributed by atoms with van der Waals surface area (Å²) in [6.07, 6.45) is 2.34. The van der Waals surface area contributed by atoms with Gasteiger partial charge >= 0.3 is 0 Å². The van der Waals surface area contributed by atoms with Crippen molar-refractivity contribution in [3.63, 3.8) is 0 Å². The topological polar surface area (TPSA) is 41.1 Å². The van der Waals surface area contributed by atoms with E-state index in [1.807, 2.05) is 6.92 Å². The van der Waals surface area contributed by atoms with E-state index in [9.17, 15) is 0 Å². The second-order valence-corrected chi connectivity index (χ2v) is 6.96. The Balaban J connectivity index is 1.47. The molecule has 2 aromatic heterocycles. The Labute approximate surface area is 129 Å². The Morgan fingerprint density at radius 3 is 3.10 bits per heavy atom. The van der Waals surface area contributed by atoms with Crippen molar-refractivity contribution < 1.29 is 0 Å². The molecule has 4 nitrogen and oxygen atoms in total. The number of nitrogens with one attached hydrogen (secondary N) is 1. The van der Waals surface area contributed by atoms with Crippen LogP contribution in [0.2, 0.25) is 0 Å². The lowest BCUT2D eigenvalue weighted by Crippen LogP contribution is -2.44. The zero-order chi connectivity index (χ0) is 14.2. The summed E-state index contributed by atoms with van der Waals surface area (Å²) >= 11 is 1.74. The smallest absolute Gasteiger partial charge is 0.126 e. The number of piperazine rings is 1. The van der Waals surface area contributed by atoms with Crippen LogP contribution < -0.4 is 5.32 Å². The van der Waals surface area contributed by atoms with Crippen molar-refractivity contribution in [1.29, 1.82) is 0 Å². The second-order valence-electron chi connectivity index (χ2n) is 6.01. The van der Waals surface area contributed by atoms with Crippen LogP contribution in [0.3, 0.4) is 0 Å². The number of nitrogens with zero attached hydrogens (tertiary/aromatic N) is 3. The van der Waals surface area contributed by atoms with E-state index in [1.165, 1.54) is 23.5 Å². The van der Waals surface area contributed by atoms with Crippen LogP contribution in [0, 0.1) is 6.92 Å². The molecular weight excluding hydrogens is 280 g/mol. The maximum Gasteiger partial charge on any atom is 0.126 e. The fraction of sp³-hybridized carbons (Fsp3) is 0.500. The molecule has 1 N–H and O–H groups in total. The van der Waals surface area contributed by atoms with Gasteiger partial charge in [-0.15, -0.1) is 11.3 Å². The highest BCUT2D eigenvalue weighted by atomic mass is 32.1. The number of thiophene rings is 1. The van der Waals surface area contributed by atoms with Crippen LogP contribution in [0.5, 0.6) is 0 Å². The molecule has 2 aliphatic rings. The summed E-state index contributed by atoms with van der Waals surface area (Å²) in [7, 11) is 0. The van der Waals surface area contributed by atoms with E-state index in [1.54, 1.807) is 11.3 Å². The molecule has 0 saturated carbocycles. The van der Waals surface area contributed by atoms with Crippen LogP contribution in [-0.4, -0.2) is 46.6 Å². The summed E-state index contributed by atoms with van der Waals surface area (Å²) < 4.78 is 0. The third-order valence-electron chi connectivity index (χ3n) is 4.49. The summed E-state index contributed by atoms with van der Waals surface area (Å²) in [5.41, 5.74) is 2.23. The minimum atomic E-state index is 0.726. The molecule has 0 aromatic carbocycles. The zero-order valence-corrected chi connectivity index (χ0v) is 13.1. The third kappa shape index (κ3) is 2.73. The van der Waals surface area contributed by atoms with Gasteiger partial charge in [0.05, 0.1) is 10.6 Å². The number of aromatic nitrogens is 2. The zero-order valence-electron chi connectivity index (χ0n) is 12.2. The lowest BCUT2D eigenvalue weighted by molar-refractivity contribution is 0.228. The van der Waals surface area contributed by atoms with Gasteiger partial charge in [0, 0.05) is 43.8 Å². The maximum atomic E-state index is 4.62. The van der Waals surface area contributed by atoms with Crippen LogP contribution in [-0.2, 0) is 6.42 Å². The van der Waals surface area contributed by atoms with E-state index in [0.29, 0.717) is 0 Å². The first-order valence-corrected chi connectivity index (χ1v) is 8.52. The molecule has 2 aromatic rings. The number of hydrogen-bond acceptors (Lipinski definition) is 5. The average Bonchev–Trinajstić information content (AvgIpc) is 3.21. The number of hydrogen-bond donors (Lipinski definition) is 1. The standard InChI is InChI=1S/C16H20N4S/c1-11-18-12(8-15(19-11)16-3-2-6-21-16)4-5-20-10-13-7-14(20)9-17-13/h2-3,6,8,13-14,17H,4-5,7,9-10H2,1H3/t13-,14-/m0/s1. The molecule has 5 heteroatoms. The predicted octanol–water partition coefficient (Wildman–Crippen LogP) is 2.10. The molecule has 0 unspecified atom stereocenters. The largest absolute Gasteiger partial charge is 0.311 e. The fourth-order valence-corrected chi connectivity index (χ4v) is 4.17. The molecule has 0 aliphatic carbocycles. The van der Waals surface area contributed by atoms with Crippen molar-refractivity contribution in [3.05, 3.63) is 35.1 Å². The molecule has 4 heterocycles. The van der Waals surface area contributed by atoms with Gasteiger partial charge in [-0.3, -0.25) is 4.90 Å². The molecule has 2 atom stereocenters. The molecule has 2 fully saturated rings. The van der Waals surface area contributed by atoms with E-state index >= 15 is 0 Å². The first-order valence-electron chi connectivity index (χ1n) is 7.64. The van der Waals surface area contributed by atoms with Crippen LogP contribution >= 0.6 is 11.3 Å². The van der Waals surface area contributed by atoms with Gasteiger partial charge in [-0.25, -0.2) is 9.97 Å². The van der Waals surface area contributed by atoms with Crippen molar-refractivity contribution in [2.75, 3.05) is 19.6 Å². The molecule has 0 radical (unpaired) electrons. The van der Waals surface area contributed by atoms with Gasteiger partial charge in [-0.1, -0.05) is 6.07 Å². The predicted molar refractivity (Wildman–Crippen MR) is 85.6 cm³/mol. The van der Waals surface area contributed by atoms with E-state index in [-0.39, 0.29) is 0 Å². The van der Waals surface area contributed by atoms with E-state index in [2.05, 4.69) is 43.8 Å². The molecule has 2 saturated heterocycles. The van der Waals surface area contributed by atoms with Crippen LogP contribution in [0.4, 0.5) is 0 Å². The van der Waals surface area contributed by atoms with E-state index in [0.717, 1.165) is 43.1 Å². The molecular formula is C16H20N4S. The minimum absolute atomic E-state index is 0.726. The van der Waals surface area contributed by atoms with Crippen molar-refractivity contribution in [2.24, 2.45) is 0 Å². The van der Waals surface area contributed by atoms with Crippen molar-refractivity contribution in [3.8, 4) is 10.6 Å². The molecule has 110 valence electrons. The number of likely N-dealkylation sites (tertiary alicyclic amines) is 1. The van der Waals surface area contributed by atoms with Gasteiger partial charge < -0.3 is 5.32 Å². The van der Waals surface area contributed by atoms with Crippen LogP contribution in [0.1, 0.15) is 17.9 Å². The van der Waals surface area contributed by atoms with Gasteiger partial charge in [0.2, 0.25) is 0 Å². The second kappa shape index (κ2) is 5.48. The van der Waals surface area contributed by atoms with Crippen LogP contribution in [0.15, 0.2) is 23.6 Å². The van der Waals surface area contributed by atoms with Crippen molar-refractivity contribution in [1.82, 2.24) is 20.2 Å². The number of rotatable bonds is 4. The highest BCUT2D eigenvalue weighted by molar-refractivity contribution is 7.13. The van der Waals surface area contributed by atoms with Gasteiger partial charge in [0.15, 0.2) is 0 Å². The lowest BCUT2D eigenvalue weighted by Gasteiger charge is -2.27. The van der Waals surface area contributed by atoms with Crippen molar-refractivity contribution >= 4 is 11.3 Å². The first-order chi connectivity index (χ1) is 10.3. The summed E-state index contributed by atoms with van der Waals surface area (Å²) in [6, 6.07) is 7.83. The Kier molecular flexibility index (Phi) is 3.49. The lowest BCUT2D eigenvalue weighted by atomic mass is 10.2. The van der Waals surface area contributed by atoms with E-state index < -0.39 is 0 Å². The Hall–Kier alpha value is -1.30. The monoisotopic (exact) mass is 300 g/mol. The highest BCUT2D eigenvalue weighted by Gasteiger charge is 2.36. The maximum absolute atomic E-state index is 4.62. The molecule has 2 bridgehead atoms. The van der Waals surface area contributed by atoms with Crippen LogP contribution in [0.25, 0.3) is 10.6 Å². The quantitative estimate of drug-likeness (QED) is 0.939. The molecule has 2 aliphatic heterocycles. The van der Waals surface area contributed by atoms with E-state index in [4.69, 9.17) is 0 Å². The first kappa shape index (κ1) is 13.4. The number of fused-ring (bicyclic) bond motifs is 2. The third-order valence-corrected chi connectivity index (χ3v) is 5.38. The Bertz CT molecular complexity index is 625. The summed E-state index contributed by atoms with van der Waals surface area (Å²) in [5, 5.41) is 5.65. The van der Waals surface area contributed by atoms with Gasteiger partial charge in [0.25, 0.3) is 0 Å². The molecule has 0 spiro atoms. The average molecular weight is 300 g/mol.